The fourth-order valence-electron chi connectivity index (χ4n) is 4.59. The minimum Gasteiger partial charge on any atom is -0.382 e. The van der Waals surface area contributed by atoms with Crippen molar-refractivity contribution in [3.63, 3.8) is 0 Å². The van der Waals surface area contributed by atoms with Gasteiger partial charge in [-0.1, -0.05) is 6.58 Å². The van der Waals surface area contributed by atoms with Gasteiger partial charge in [0, 0.05) is 19.2 Å². The Hall–Kier alpha value is -1.59. The van der Waals surface area contributed by atoms with Crippen LogP contribution in [-0.2, 0) is 99.5 Å². The van der Waals surface area contributed by atoms with Gasteiger partial charge in [-0.15, -0.1) is 0 Å². The van der Waals surface area contributed by atoms with Gasteiger partial charge in [0.25, 0.3) is 0 Å². The first-order valence-electron chi connectivity index (χ1n) is 23.6. The van der Waals surface area contributed by atoms with Crippen molar-refractivity contribution in [1.82, 2.24) is 5.32 Å². The van der Waals surface area contributed by atoms with Crippen LogP contribution >= 0.6 is 0 Å². The average Bonchev–Trinajstić information content (AvgIpc) is 3.33. The van der Waals surface area contributed by atoms with Crippen LogP contribution < -0.4 is 5.32 Å². The number of carbonyl (C=O) groups is 1. The van der Waals surface area contributed by atoms with E-state index >= 15 is 0 Å². The van der Waals surface area contributed by atoms with Gasteiger partial charge in [0.2, 0.25) is 5.91 Å². The second-order valence-electron chi connectivity index (χ2n) is 13.7. The number of amides is 1. The Morgan fingerprint density at radius 1 is 0.269 bits per heavy atom. The highest BCUT2D eigenvalue weighted by molar-refractivity contribution is 5.92. The van der Waals surface area contributed by atoms with Crippen molar-refractivity contribution in [2.24, 2.45) is 0 Å². The van der Waals surface area contributed by atoms with E-state index in [0.29, 0.717) is 270 Å². The summed E-state index contributed by atoms with van der Waals surface area (Å²) in [5.41, 5.74) is 0.476. The van der Waals surface area contributed by atoms with Crippen molar-refractivity contribution in [1.29, 1.82) is 0 Å². The summed E-state index contributed by atoms with van der Waals surface area (Å²) in [5.74, 6) is -0.167. The minimum absolute atomic E-state index is 0.167. The summed E-state index contributed by atoms with van der Waals surface area (Å²) in [7, 11) is 1.64. The maximum atomic E-state index is 11.3. The number of ether oxygens (including phenoxy) is 20. The monoisotopic (exact) mass is 980 g/mol. The van der Waals surface area contributed by atoms with Gasteiger partial charge in [0.1, 0.15) is 0 Å². The molecule has 0 saturated heterocycles. The Morgan fingerprint density at radius 2 is 0.403 bits per heavy atom. The van der Waals surface area contributed by atoms with Gasteiger partial charge in [-0.25, -0.2) is 0 Å². The number of methoxy groups -OCH3 is 1. The fourth-order valence-corrected chi connectivity index (χ4v) is 4.59. The van der Waals surface area contributed by atoms with Gasteiger partial charge >= 0.3 is 0 Å². The third-order valence-electron chi connectivity index (χ3n) is 8.05. The number of nitrogens with one attached hydrogen (secondary N) is 1. The van der Waals surface area contributed by atoms with Crippen LogP contribution in [0.3, 0.4) is 0 Å². The SMILES string of the molecule is C=C(C)C(=O)NCCOCCOCCOCCOCCOCCOCCOCCOCCOCCOCCOCCOCCOCCOCCOCCOCCOCCOCCOCCOC. The maximum absolute atomic E-state index is 11.3. The van der Waals surface area contributed by atoms with Gasteiger partial charge in [-0.3, -0.25) is 4.79 Å². The lowest BCUT2D eigenvalue weighted by Gasteiger charge is -2.09. The van der Waals surface area contributed by atoms with E-state index in [1.807, 2.05) is 0 Å². The number of hydrogen-bond acceptors (Lipinski definition) is 21. The summed E-state index contributed by atoms with van der Waals surface area (Å²) in [6.45, 7) is 25.0. The largest absolute Gasteiger partial charge is 0.382 e. The summed E-state index contributed by atoms with van der Waals surface area (Å²) >= 11 is 0. The molecule has 1 N–H and O–H groups in total. The molecule has 22 nitrogen and oxygen atoms in total. The van der Waals surface area contributed by atoms with Crippen LogP contribution in [0.15, 0.2) is 12.2 Å². The van der Waals surface area contributed by atoms with E-state index in [0.717, 1.165) is 0 Å². The zero-order valence-corrected chi connectivity index (χ0v) is 41.1. The number of hydrogen-bond donors (Lipinski definition) is 1. The molecule has 0 fully saturated rings. The summed E-state index contributed by atoms with van der Waals surface area (Å²) in [6.07, 6.45) is 0. The summed E-state index contributed by atoms with van der Waals surface area (Å²) in [4.78, 5) is 11.3. The topological polar surface area (TPSA) is 214 Å². The molecule has 0 unspecified atom stereocenters. The average molecular weight is 980 g/mol. The van der Waals surface area contributed by atoms with Gasteiger partial charge in [0.05, 0.1) is 258 Å². The molecule has 0 radical (unpaired) electrons. The molecule has 0 bridgehead atoms. The van der Waals surface area contributed by atoms with Crippen LogP contribution in [0.25, 0.3) is 0 Å². The summed E-state index contributed by atoms with van der Waals surface area (Å²) < 4.78 is 109. The Labute approximate surface area is 400 Å². The predicted molar refractivity (Wildman–Crippen MR) is 245 cm³/mol. The lowest BCUT2D eigenvalue weighted by Crippen LogP contribution is -2.27. The van der Waals surface area contributed by atoms with E-state index in [1.54, 1.807) is 14.0 Å². The number of carbonyl (C=O) groups excluding carboxylic acids is 1. The molecule has 0 saturated carbocycles. The molecule has 22 heteroatoms. The molecule has 1 amide bonds. The van der Waals surface area contributed by atoms with Crippen molar-refractivity contribution in [3.05, 3.63) is 12.2 Å². The zero-order chi connectivity index (χ0) is 48.3. The highest BCUT2D eigenvalue weighted by Crippen LogP contribution is 1.90. The van der Waals surface area contributed by atoms with Crippen LogP contribution in [0.5, 0.6) is 0 Å². The normalized spacial score (nSPS) is 11.6. The molecule has 0 heterocycles. The standard InChI is InChI=1S/C45H89NO21/c1-44(2)45(47)46-4-5-49-8-9-51-12-13-53-16-17-55-20-21-57-24-25-59-28-29-61-32-33-63-36-37-65-40-41-67-43-42-66-39-38-64-35-34-62-31-30-60-27-26-58-23-22-56-19-18-54-15-14-52-11-10-50-7-6-48-3/h1,4-43H2,2-3H3,(H,46,47). The van der Waals surface area contributed by atoms with Crippen molar-refractivity contribution in [3.8, 4) is 0 Å². The first-order chi connectivity index (χ1) is 33.2. The molecule has 0 rings (SSSR count). The minimum atomic E-state index is -0.167. The first kappa shape index (κ1) is 65.4. The van der Waals surface area contributed by atoms with E-state index in [1.165, 1.54) is 0 Å². The van der Waals surface area contributed by atoms with Crippen molar-refractivity contribution in [2.75, 3.05) is 271 Å². The predicted octanol–water partition coefficient (Wildman–Crippen LogP) is 0.641. The molecule has 0 aliphatic carbocycles. The quantitative estimate of drug-likeness (QED) is 0.0654. The molecule has 400 valence electrons. The molecule has 0 aliphatic rings. The van der Waals surface area contributed by atoms with Gasteiger partial charge < -0.3 is 100 Å². The Bertz CT molecular complexity index is 963. The lowest BCUT2D eigenvalue weighted by atomic mass is 10.3. The lowest BCUT2D eigenvalue weighted by molar-refractivity contribution is -0.117. The van der Waals surface area contributed by atoms with Gasteiger partial charge in [-0.05, 0) is 6.92 Å². The fraction of sp³-hybridized carbons (Fsp3) is 0.933. The van der Waals surface area contributed by atoms with E-state index in [2.05, 4.69) is 11.9 Å². The van der Waals surface area contributed by atoms with E-state index in [9.17, 15) is 4.79 Å². The van der Waals surface area contributed by atoms with Crippen molar-refractivity contribution >= 4 is 5.91 Å². The Kier molecular flexibility index (Phi) is 59.1. The molecule has 0 spiro atoms. The Morgan fingerprint density at radius 3 is 0.537 bits per heavy atom. The molecule has 67 heavy (non-hydrogen) atoms. The van der Waals surface area contributed by atoms with Crippen LogP contribution in [0.2, 0.25) is 0 Å². The maximum Gasteiger partial charge on any atom is 0.246 e. The molecule has 0 aromatic heterocycles. The van der Waals surface area contributed by atoms with Crippen LogP contribution in [0.4, 0.5) is 0 Å². The smallest absolute Gasteiger partial charge is 0.246 e. The van der Waals surface area contributed by atoms with Crippen LogP contribution in [0.1, 0.15) is 6.92 Å². The molecular formula is C45H89NO21. The second-order valence-corrected chi connectivity index (χ2v) is 13.7. The molecule has 0 aliphatic heterocycles. The highest BCUT2D eigenvalue weighted by atomic mass is 16.6. The van der Waals surface area contributed by atoms with Crippen LogP contribution in [-0.4, -0.2) is 277 Å². The molecule has 0 aromatic carbocycles. The Balaban J connectivity index is 3.08. The third kappa shape index (κ3) is 60.5. The second kappa shape index (κ2) is 60.5. The number of rotatable bonds is 61. The summed E-state index contributed by atoms with van der Waals surface area (Å²) in [6, 6.07) is 0. The molecule has 0 aromatic rings. The molecule has 0 atom stereocenters. The molecular weight excluding hydrogens is 890 g/mol. The van der Waals surface area contributed by atoms with Crippen LogP contribution in [0, 0.1) is 0 Å². The van der Waals surface area contributed by atoms with Gasteiger partial charge in [-0.2, -0.15) is 0 Å². The third-order valence-corrected chi connectivity index (χ3v) is 8.05. The zero-order valence-electron chi connectivity index (χ0n) is 41.1. The van der Waals surface area contributed by atoms with E-state index in [-0.39, 0.29) is 5.91 Å². The van der Waals surface area contributed by atoms with E-state index < -0.39 is 0 Å². The van der Waals surface area contributed by atoms with Gasteiger partial charge in [0.15, 0.2) is 0 Å². The van der Waals surface area contributed by atoms with Crippen molar-refractivity contribution < 1.29 is 99.5 Å². The summed E-state index contributed by atoms with van der Waals surface area (Å²) in [5, 5.41) is 2.70. The highest BCUT2D eigenvalue weighted by Gasteiger charge is 2.01. The van der Waals surface area contributed by atoms with Crippen molar-refractivity contribution in [2.45, 2.75) is 6.92 Å². The van der Waals surface area contributed by atoms with E-state index in [4.69, 9.17) is 94.7 Å². The first-order valence-corrected chi connectivity index (χ1v) is 23.6.